The number of halogens is 1. The number of benzene rings is 1. The molecule has 1 aromatic heterocycles. The fourth-order valence-corrected chi connectivity index (χ4v) is 1.37. The average Bonchev–Trinajstić information content (AvgIpc) is 2.41. The second-order valence-corrected chi connectivity index (χ2v) is 3.59. The molecular formula is C12H8FN3O3. The molecule has 7 heteroatoms. The fourth-order valence-electron chi connectivity index (χ4n) is 1.37. The molecule has 1 heterocycles. The third-order valence-electron chi connectivity index (χ3n) is 2.31. The molecule has 2 rings (SSSR count). The lowest BCUT2D eigenvalue weighted by Gasteiger charge is -2.06. The molecule has 1 aromatic carbocycles. The standard InChI is InChI=1S/C12H8FN3O3/c13-9-5-7(12(18)19)1-2-10(9)16-11(17)8-3-4-14-15-6-8/h1-6H,(H,16,17)(H,18,19). The minimum Gasteiger partial charge on any atom is -0.478 e. The SMILES string of the molecule is O=C(O)c1ccc(NC(=O)c2ccnnc2)c(F)c1. The molecule has 0 spiro atoms. The number of amides is 1. The molecule has 1 amide bonds. The Bertz CT molecular complexity index is 631. The summed E-state index contributed by atoms with van der Waals surface area (Å²) >= 11 is 0. The maximum absolute atomic E-state index is 13.6. The van der Waals surface area contributed by atoms with Gasteiger partial charge in [-0.2, -0.15) is 10.2 Å². The average molecular weight is 261 g/mol. The minimum absolute atomic E-state index is 0.105. The number of carboxylic acid groups (broad SMARTS) is 1. The van der Waals surface area contributed by atoms with Crippen molar-refractivity contribution < 1.29 is 19.1 Å². The molecule has 0 atom stereocenters. The summed E-state index contributed by atoms with van der Waals surface area (Å²) in [6, 6.07) is 4.64. The molecule has 0 saturated heterocycles. The number of anilines is 1. The first-order valence-electron chi connectivity index (χ1n) is 5.19. The monoisotopic (exact) mass is 261 g/mol. The van der Waals surface area contributed by atoms with Crippen LogP contribution in [0.1, 0.15) is 20.7 Å². The summed E-state index contributed by atoms with van der Waals surface area (Å²) in [7, 11) is 0. The maximum Gasteiger partial charge on any atom is 0.335 e. The van der Waals surface area contributed by atoms with Crippen LogP contribution < -0.4 is 5.32 Å². The number of carbonyl (C=O) groups is 2. The van der Waals surface area contributed by atoms with Gasteiger partial charge in [0, 0.05) is 0 Å². The van der Waals surface area contributed by atoms with E-state index in [4.69, 9.17) is 5.11 Å². The zero-order valence-corrected chi connectivity index (χ0v) is 9.50. The quantitative estimate of drug-likeness (QED) is 0.874. The Hall–Kier alpha value is -2.83. The highest BCUT2D eigenvalue weighted by Crippen LogP contribution is 2.16. The summed E-state index contributed by atoms with van der Waals surface area (Å²) in [5, 5.41) is 18.0. The van der Waals surface area contributed by atoms with E-state index in [1.54, 1.807) is 0 Å². The van der Waals surface area contributed by atoms with E-state index in [0.29, 0.717) is 0 Å². The van der Waals surface area contributed by atoms with Gasteiger partial charge in [-0.15, -0.1) is 0 Å². The lowest BCUT2D eigenvalue weighted by molar-refractivity contribution is 0.0696. The number of nitrogens with one attached hydrogen (secondary N) is 1. The van der Waals surface area contributed by atoms with Gasteiger partial charge in [-0.3, -0.25) is 4.79 Å². The van der Waals surface area contributed by atoms with Gasteiger partial charge in [0.05, 0.1) is 29.2 Å². The van der Waals surface area contributed by atoms with Crippen LogP contribution in [0.15, 0.2) is 36.7 Å². The van der Waals surface area contributed by atoms with Gasteiger partial charge in [0.25, 0.3) is 5.91 Å². The van der Waals surface area contributed by atoms with E-state index in [9.17, 15) is 14.0 Å². The van der Waals surface area contributed by atoms with Crippen molar-refractivity contribution in [1.82, 2.24) is 10.2 Å². The van der Waals surface area contributed by atoms with Gasteiger partial charge in [-0.1, -0.05) is 0 Å². The van der Waals surface area contributed by atoms with E-state index in [0.717, 1.165) is 6.07 Å². The largest absolute Gasteiger partial charge is 0.478 e. The van der Waals surface area contributed by atoms with Gasteiger partial charge in [-0.25, -0.2) is 9.18 Å². The molecule has 0 fully saturated rings. The number of nitrogens with zero attached hydrogens (tertiary/aromatic N) is 2. The molecule has 0 aliphatic carbocycles. The number of hydrogen-bond donors (Lipinski definition) is 2. The predicted octanol–water partition coefficient (Wildman–Crippen LogP) is 1.57. The van der Waals surface area contributed by atoms with Crippen LogP contribution >= 0.6 is 0 Å². The summed E-state index contributed by atoms with van der Waals surface area (Å²) < 4.78 is 13.6. The molecule has 0 aliphatic rings. The van der Waals surface area contributed by atoms with Crippen LogP contribution in [0.2, 0.25) is 0 Å². The van der Waals surface area contributed by atoms with Gasteiger partial charge in [0.15, 0.2) is 0 Å². The lowest BCUT2D eigenvalue weighted by atomic mass is 10.2. The number of carbonyl (C=O) groups excluding carboxylic acids is 1. The first-order valence-corrected chi connectivity index (χ1v) is 5.19. The van der Waals surface area contributed by atoms with Crippen molar-refractivity contribution in [2.45, 2.75) is 0 Å². The molecular weight excluding hydrogens is 253 g/mol. The second kappa shape index (κ2) is 5.21. The third-order valence-corrected chi connectivity index (χ3v) is 2.31. The van der Waals surface area contributed by atoms with Crippen molar-refractivity contribution in [3.63, 3.8) is 0 Å². The van der Waals surface area contributed by atoms with Crippen molar-refractivity contribution in [2.75, 3.05) is 5.32 Å². The Morgan fingerprint density at radius 2 is 1.95 bits per heavy atom. The zero-order valence-electron chi connectivity index (χ0n) is 9.50. The minimum atomic E-state index is -1.24. The summed E-state index contributed by atoms with van der Waals surface area (Å²) in [4.78, 5) is 22.4. The maximum atomic E-state index is 13.6. The fraction of sp³-hybridized carbons (Fsp3) is 0. The third kappa shape index (κ3) is 2.89. The predicted molar refractivity (Wildman–Crippen MR) is 63.3 cm³/mol. The Balaban J connectivity index is 2.20. The van der Waals surface area contributed by atoms with Gasteiger partial charge in [0.2, 0.25) is 0 Å². The Morgan fingerprint density at radius 3 is 2.53 bits per heavy atom. The molecule has 19 heavy (non-hydrogen) atoms. The molecule has 0 saturated carbocycles. The van der Waals surface area contributed by atoms with Gasteiger partial charge < -0.3 is 10.4 Å². The number of carboxylic acids is 1. The topological polar surface area (TPSA) is 92.2 Å². The van der Waals surface area contributed by atoms with Crippen LogP contribution in [0, 0.1) is 5.82 Å². The first-order chi connectivity index (χ1) is 9.08. The highest BCUT2D eigenvalue weighted by atomic mass is 19.1. The summed E-state index contributed by atoms with van der Waals surface area (Å²) in [5.74, 6) is -2.62. The van der Waals surface area contributed by atoms with Gasteiger partial charge >= 0.3 is 5.97 Å². The van der Waals surface area contributed by atoms with Crippen LogP contribution in [0.4, 0.5) is 10.1 Å². The van der Waals surface area contributed by atoms with Crippen LogP contribution in [0.25, 0.3) is 0 Å². The summed E-state index contributed by atoms with van der Waals surface area (Å²) in [6.07, 6.45) is 2.57. The highest BCUT2D eigenvalue weighted by molar-refractivity contribution is 6.04. The van der Waals surface area contributed by atoms with Gasteiger partial charge in [0.1, 0.15) is 5.82 Å². The second-order valence-electron chi connectivity index (χ2n) is 3.59. The Morgan fingerprint density at radius 1 is 1.16 bits per heavy atom. The van der Waals surface area contributed by atoms with Crippen molar-refractivity contribution >= 4 is 17.6 Å². The normalized spacial score (nSPS) is 9.95. The molecule has 0 unspecified atom stereocenters. The Kier molecular flexibility index (Phi) is 3.46. The zero-order chi connectivity index (χ0) is 13.8. The molecule has 6 nitrogen and oxygen atoms in total. The smallest absolute Gasteiger partial charge is 0.335 e. The van der Waals surface area contributed by atoms with Crippen LogP contribution in [-0.4, -0.2) is 27.2 Å². The molecule has 0 radical (unpaired) electrons. The number of aromatic carboxylic acids is 1. The highest BCUT2D eigenvalue weighted by Gasteiger charge is 2.12. The number of hydrogen-bond acceptors (Lipinski definition) is 4. The van der Waals surface area contributed by atoms with Crippen molar-refractivity contribution in [2.24, 2.45) is 0 Å². The Labute approximate surface area is 106 Å². The molecule has 0 bridgehead atoms. The molecule has 96 valence electrons. The first kappa shape index (κ1) is 12.6. The van der Waals surface area contributed by atoms with E-state index in [1.807, 2.05) is 0 Å². The van der Waals surface area contributed by atoms with E-state index in [2.05, 4.69) is 15.5 Å². The van der Waals surface area contributed by atoms with Crippen LogP contribution in [-0.2, 0) is 0 Å². The number of rotatable bonds is 3. The lowest BCUT2D eigenvalue weighted by Crippen LogP contribution is -2.13. The van der Waals surface area contributed by atoms with Crippen molar-refractivity contribution in [1.29, 1.82) is 0 Å². The number of aromatic nitrogens is 2. The molecule has 2 aromatic rings. The van der Waals surface area contributed by atoms with E-state index >= 15 is 0 Å². The summed E-state index contributed by atoms with van der Waals surface area (Å²) in [6.45, 7) is 0. The molecule has 0 aliphatic heterocycles. The van der Waals surface area contributed by atoms with Crippen LogP contribution in [0.3, 0.4) is 0 Å². The van der Waals surface area contributed by atoms with Crippen molar-refractivity contribution in [3.05, 3.63) is 53.6 Å². The summed E-state index contributed by atoms with van der Waals surface area (Å²) in [5.41, 5.74) is -0.0791. The van der Waals surface area contributed by atoms with Gasteiger partial charge in [-0.05, 0) is 24.3 Å². The molecule has 2 N–H and O–H groups in total. The van der Waals surface area contributed by atoms with E-state index in [-0.39, 0.29) is 16.8 Å². The van der Waals surface area contributed by atoms with Crippen LogP contribution in [0.5, 0.6) is 0 Å². The van der Waals surface area contributed by atoms with E-state index in [1.165, 1.54) is 30.6 Å². The van der Waals surface area contributed by atoms with Crippen molar-refractivity contribution in [3.8, 4) is 0 Å². The van der Waals surface area contributed by atoms with E-state index < -0.39 is 17.7 Å².